The van der Waals surface area contributed by atoms with Gasteiger partial charge in [0.25, 0.3) is 0 Å². The van der Waals surface area contributed by atoms with Crippen LogP contribution in [-0.4, -0.2) is 22.4 Å². The van der Waals surface area contributed by atoms with Crippen molar-refractivity contribution in [3.8, 4) is 0 Å². The van der Waals surface area contributed by atoms with Gasteiger partial charge in [-0.1, -0.05) is 22.4 Å². The van der Waals surface area contributed by atoms with Crippen LogP contribution in [0.15, 0.2) is 0 Å². The van der Waals surface area contributed by atoms with E-state index in [1.54, 1.807) is 13.8 Å². The van der Waals surface area contributed by atoms with E-state index < -0.39 is 16.4 Å². The molecule has 1 fully saturated rings. The Kier molecular flexibility index (Phi) is 4.49. The molecule has 1 saturated carbocycles. The van der Waals surface area contributed by atoms with Gasteiger partial charge in [-0.05, 0) is 33.1 Å². The Morgan fingerprint density at radius 1 is 1.29 bits per heavy atom. The topological polar surface area (TPSA) is 29.1 Å². The Bertz CT molecular complexity index is 285. The van der Waals surface area contributed by atoms with E-state index >= 15 is 0 Å². The molecule has 0 radical (unpaired) electrons. The first-order valence-electron chi connectivity index (χ1n) is 5.67. The zero-order valence-electron chi connectivity index (χ0n) is 9.90. The van der Waals surface area contributed by atoms with Gasteiger partial charge in [0.05, 0.1) is 10.2 Å². The van der Waals surface area contributed by atoms with Crippen molar-refractivity contribution in [2.75, 3.05) is 0 Å². The molecule has 100 valence electrons. The molecule has 0 aliphatic heterocycles. The summed E-state index contributed by atoms with van der Waals surface area (Å²) >= 11 is 3.19. The van der Waals surface area contributed by atoms with E-state index in [4.69, 9.17) is 0 Å². The van der Waals surface area contributed by atoms with Crippen LogP contribution in [0.2, 0.25) is 0 Å². The van der Waals surface area contributed by atoms with E-state index in [0.29, 0.717) is 12.8 Å². The SMILES string of the molecule is CC(C)(Br)C(=O)NC1CCCC(C(F)(F)F)C1. The summed E-state index contributed by atoms with van der Waals surface area (Å²) < 4.78 is 37.0. The molecule has 1 N–H and O–H groups in total. The minimum absolute atomic E-state index is 0.00167. The Morgan fingerprint density at radius 3 is 2.35 bits per heavy atom. The van der Waals surface area contributed by atoms with E-state index in [9.17, 15) is 18.0 Å². The molecule has 0 aromatic heterocycles. The Morgan fingerprint density at radius 2 is 1.88 bits per heavy atom. The van der Waals surface area contributed by atoms with Gasteiger partial charge in [0.1, 0.15) is 0 Å². The van der Waals surface area contributed by atoms with Crippen molar-refractivity contribution in [3.05, 3.63) is 0 Å². The van der Waals surface area contributed by atoms with Gasteiger partial charge in [-0.3, -0.25) is 4.79 Å². The van der Waals surface area contributed by atoms with Crippen molar-refractivity contribution < 1.29 is 18.0 Å². The fourth-order valence-electron chi connectivity index (χ4n) is 1.98. The van der Waals surface area contributed by atoms with E-state index in [2.05, 4.69) is 21.2 Å². The molecule has 0 aromatic carbocycles. The molecular weight excluding hydrogens is 299 g/mol. The number of hydrogen-bond donors (Lipinski definition) is 1. The zero-order chi connectivity index (χ0) is 13.3. The smallest absolute Gasteiger partial charge is 0.352 e. The fourth-order valence-corrected chi connectivity index (χ4v) is 2.09. The lowest BCUT2D eigenvalue weighted by molar-refractivity contribution is -0.184. The van der Waals surface area contributed by atoms with Crippen LogP contribution >= 0.6 is 15.9 Å². The molecule has 0 saturated heterocycles. The number of rotatable bonds is 2. The molecule has 0 bridgehead atoms. The van der Waals surface area contributed by atoms with Gasteiger partial charge in [-0.2, -0.15) is 13.2 Å². The molecular formula is C11H17BrF3NO. The minimum Gasteiger partial charge on any atom is -0.352 e. The minimum atomic E-state index is -4.15. The molecule has 17 heavy (non-hydrogen) atoms. The second kappa shape index (κ2) is 5.16. The number of carbonyl (C=O) groups is 1. The van der Waals surface area contributed by atoms with Gasteiger partial charge in [-0.15, -0.1) is 0 Å². The average molecular weight is 316 g/mol. The largest absolute Gasteiger partial charge is 0.391 e. The highest BCUT2D eigenvalue weighted by molar-refractivity contribution is 9.10. The summed E-state index contributed by atoms with van der Waals surface area (Å²) in [6.45, 7) is 3.35. The van der Waals surface area contributed by atoms with Crippen LogP contribution in [0.3, 0.4) is 0 Å². The zero-order valence-corrected chi connectivity index (χ0v) is 11.5. The Hall–Kier alpha value is -0.260. The van der Waals surface area contributed by atoms with Crippen LogP contribution in [0.5, 0.6) is 0 Å². The van der Waals surface area contributed by atoms with Crippen molar-refractivity contribution >= 4 is 21.8 Å². The Balaban J connectivity index is 2.54. The second-order valence-electron chi connectivity index (χ2n) is 5.05. The second-order valence-corrected chi connectivity index (χ2v) is 7.03. The number of halogens is 4. The molecule has 1 aliphatic carbocycles. The van der Waals surface area contributed by atoms with Gasteiger partial charge < -0.3 is 5.32 Å². The van der Waals surface area contributed by atoms with Crippen molar-refractivity contribution in [3.63, 3.8) is 0 Å². The fraction of sp³-hybridized carbons (Fsp3) is 0.909. The van der Waals surface area contributed by atoms with Crippen molar-refractivity contribution in [1.29, 1.82) is 0 Å². The molecule has 2 atom stereocenters. The molecule has 2 nitrogen and oxygen atoms in total. The lowest BCUT2D eigenvalue weighted by Gasteiger charge is -2.32. The number of hydrogen-bond acceptors (Lipinski definition) is 1. The van der Waals surface area contributed by atoms with Crippen LogP contribution in [0.1, 0.15) is 39.5 Å². The highest BCUT2D eigenvalue weighted by Crippen LogP contribution is 2.37. The predicted molar refractivity (Wildman–Crippen MR) is 62.9 cm³/mol. The van der Waals surface area contributed by atoms with Crippen molar-refractivity contribution in [2.24, 2.45) is 5.92 Å². The van der Waals surface area contributed by atoms with Gasteiger partial charge in [0.15, 0.2) is 0 Å². The lowest BCUT2D eigenvalue weighted by Crippen LogP contribution is -2.46. The maximum atomic E-state index is 12.6. The quantitative estimate of drug-likeness (QED) is 0.777. The molecule has 1 amide bonds. The number of nitrogens with one attached hydrogen (secondary N) is 1. The molecule has 1 aliphatic rings. The van der Waals surface area contributed by atoms with E-state index in [0.717, 1.165) is 0 Å². The first kappa shape index (κ1) is 14.8. The lowest BCUT2D eigenvalue weighted by atomic mass is 9.85. The molecule has 0 heterocycles. The van der Waals surface area contributed by atoms with E-state index in [1.165, 1.54) is 0 Å². The highest BCUT2D eigenvalue weighted by Gasteiger charge is 2.42. The van der Waals surface area contributed by atoms with Gasteiger partial charge in [0.2, 0.25) is 5.91 Å². The van der Waals surface area contributed by atoms with Crippen molar-refractivity contribution in [1.82, 2.24) is 5.32 Å². The maximum Gasteiger partial charge on any atom is 0.391 e. The molecule has 6 heteroatoms. The molecule has 0 aromatic rings. The third-order valence-corrected chi connectivity index (χ3v) is 3.37. The van der Waals surface area contributed by atoms with E-state index in [-0.39, 0.29) is 24.8 Å². The molecule has 1 rings (SSSR count). The van der Waals surface area contributed by atoms with Crippen molar-refractivity contribution in [2.45, 2.75) is 56.1 Å². The van der Waals surface area contributed by atoms with Crippen LogP contribution in [-0.2, 0) is 4.79 Å². The number of alkyl halides is 4. The third-order valence-electron chi connectivity index (χ3n) is 3.01. The summed E-state index contributed by atoms with van der Waals surface area (Å²) in [7, 11) is 0. The summed E-state index contributed by atoms with van der Waals surface area (Å²) in [4.78, 5) is 11.6. The van der Waals surface area contributed by atoms with Gasteiger partial charge in [0, 0.05) is 6.04 Å². The maximum absolute atomic E-state index is 12.6. The first-order chi connectivity index (χ1) is 7.60. The summed E-state index contributed by atoms with van der Waals surface area (Å²) in [6, 6.07) is -0.361. The summed E-state index contributed by atoms with van der Waals surface area (Å²) in [6.07, 6.45) is -2.83. The molecule has 0 spiro atoms. The standard InChI is InChI=1S/C11H17BrF3NO/c1-10(2,12)9(17)16-8-5-3-4-7(6-8)11(13,14)15/h7-8H,3-6H2,1-2H3,(H,16,17). The van der Waals surface area contributed by atoms with Crippen LogP contribution in [0.25, 0.3) is 0 Å². The summed E-state index contributed by atoms with van der Waals surface area (Å²) in [5.41, 5.74) is 0. The summed E-state index contributed by atoms with van der Waals surface area (Å²) in [5.74, 6) is -1.54. The number of carbonyl (C=O) groups excluding carboxylic acids is 1. The predicted octanol–water partition coefficient (Wildman–Crippen LogP) is 3.40. The highest BCUT2D eigenvalue weighted by atomic mass is 79.9. The first-order valence-corrected chi connectivity index (χ1v) is 6.46. The monoisotopic (exact) mass is 315 g/mol. The van der Waals surface area contributed by atoms with E-state index in [1.807, 2.05) is 0 Å². The Labute approximate surface area is 107 Å². The number of amides is 1. The normalized spacial score (nSPS) is 26.7. The van der Waals surface area contributed by atoms with Crippen LogP contribution < -0.4 is 5.32 Å². The summed E-state index contributed by atoms with van der Waals surface area (Å²) in [5, 5.41) is 2.68. The average Bonchev–Trinajstić information content (AvgIpc) is 2.15. The van der Waals surface area contributed by atoms with Gasteiger partial charge >= 0.3 is 6.18 Å². The molecule has 2 unspecified atom stereocenters. The van der Waals surface area contributed by atoms with Gasteiger partial charge in [-0.25, -0.2) is 0 Å². The van der Waals surface area contributed by atoms with Crippen LogP contribution in [0.4, 0.5) is 13.2 Å². The third kappa shape index (κ3) is 4.48. The van der Waals surface area contributed by atoms with Crippen LogP contribution in [0, 0.1) is 5.92 Å².